The maximum absolute atomic E-state index is 13.9. The lowest BCUT2D eigenvalue weighted by Gasteiger charge is -2.16. The van der Waals surface area contributed by atoms with Gasteiger partial charge in [0.15, 0.2) is 7.14 Å². The lowest BCUT2D eigenvalue weighted by molar-refractivity contribution is 0.479. The minimum Gasteiger partial charge on any atom is -0.507 e. The molecule has 0 saturated heterocycles. The van der Waals surface area contributed by atoms with Crippen molar-refractivity contribution in [2.45, 2.75) is 0 Å². The molecule has 0 bridgehead atoms. The molecule has 1 unspecified atom stereocenters. The topological polar surface area (TPSA) is 37.3 Å². The summed E-state index contributed by atoms with van der Waals surface area (Å²) in [5, 5.41) is 12.5. The van der Waals surface area contributed by atoms with Gasteiger partial charge in [0.2, 0.25) is 0 Å². The summed E-state index contributed by atoms with van der Waals surface area (Å²) in [5.74, 6) is 0.107. The first-order valence-corrected chi connectivity index (χ1v) is 8.52. The predicted octanol–water partition coefficient (Wildman–Crippen LogP) is 3.01. The van der Waals surface area contributed by atoms with Crippen LogP contribution in [0.25, 0.3) is 11.1 Å². The number of phenols is 1. The van der Waals surface area contributed by atoms with Crippen LogP contribution in [0.5, 0.6) is 5.75 Å². The second-order valence-electron chi connectivity index (χ2n) is 5.14. The lowest BCUT2D eigenvalue weighted by atomic mass is 10.1. The molecule has 0 amide bonds. The van der Waals surface area contributed by atoms with Crippen LogP contribution >= 0.6 is 7.14 Å². The highest BCUT2D eigenvalue weighted by molar-refractivity contribution is 7.86. The van der Waals surface area contributed by atoms with E-state index >= 15 is 0 Å². The number of fused-ring (bicyclic) bond motifs is 3. The van der Waals surface area contributed by atoms with Crippen molar-refractivity contribution in [3.05, 3.63) is 72.8 Å². The fourth-order valence-corrected chi connectivity index (χ4v) is 6.21. The molecule has 1 N–H and O–H groups in total. The van der Waals surface area contributed by atoms with Crippen molar-refractivity contribution >= 4 is 23.1 Å². The number of phenolic OH excluding ortho intramolecular Hbond substituents is 1. The fourth-order valence-electron chi connectivity index (χ4n) is 3.08. The summed E-state index contributed by atoms with van der Waals surface area (Å²) in [6.45, 7) is 0. The highest BCUT2D eigenvalue weighted by Crippen LogP contribution is 2.54. The van der Waals surface area contributed by atoms with E-state index < -0.39 is 7.14 Å². The zero-order chi connectivity index (χ0) is 14.4. The van der Waals surface area contributed by atoms with Crippen LogP contribution < -0.4 is 15.9 Å². The van der Waals surface area contributed by atoms with Gasteiger partial charge in [-0.05, 0) is 17.2 Å². The Kier molecular flexibility index (Phi) is 2.57. The number of hydrogen-bond donors (Lipinski definition) is 1. The van der Waals surface area contributed by atoms with Crippen molar-refractivity contribution < 1.29 is 9.67 Å². The first kappa shape index (κ1) is 12.4. The summed E-state index contributed by atoms with van der Waals surface area (Å²) in [7, 11) is -2.99. The molecule has 0 radical (unpaired) electrons. The normalized spacial score (nSPS) is 19.0. The molecule has 1 heterocycles. The zero-order valence-corrected chi connectivity index (χ0v) is 12.1. The van der Waals surface area contributed by atoms with E-state index in [1.807, 2.05) is 60.7 Å². The molecule has 0 aliphatic carbocycles. The van der Waals surface area contributed by atoms with E-state index in [9.17, 15) is 9.67 Å². The van der Waals surface area contributed by atoms with E-state index in [1.54, 1.807) is 12.1 Å². The van der Waals surface area contributed by atoms with E-state index in [0.717, 1.165) is 21.7 Å². The third-order valence-electron chi connectivity index (χ3n) is 3.98. The Morgan fingerprint density at radius 1 is 0.714 bits per heavy atom. The molecule has 3 heteroatoms. The second-order valence-corrected chi connectivity index (χ2v) is 7.80. The van der Waals surface area contributed by atoms with Crippen LogP contribution in [-0.2, 0) is 4.57 Å². The molecule has 1 aliphatic rings. The lowest BCUT2D eigenvalue weighted by Crippen LogP contribution is -2.20. The second kappa shape index (κ2) is 4.34. The molecule has 0 saturated carbocycles. The van der Waals surface area contributed by atoms with Gasteiger partial charge in [-0.1, -0.05) is 66.7 Å². The summed E-state index contributed by atoms with van der Waals surface area (Å²) in [6, 6.07) is 22.5. The first-order valence-electron chi connectivity index (χ1n) is 6.81. The van der Waals surface area contributed by atoms with Gasteiger partial charge in [0.1, 0.15) is 5.75 Å². The summed E-state index contributed by atoms with van der Waals surface area (Å²) in [6.07, 6.45) is 0. The molecule has 0 fully saturated rings. The average molecular weight is 292 g/mol. The summed E-state index contributed by atoms with van der Waals surface area (Å²) in [5.41, 5.74) is 1.83. The zero-order valence-electron chi connectivity index (χ0n) is 11.2. The molecule has 2 nitrogen and oxygen atoms in total. The van der Waals surface area contributed by atoms with Crippen LogP contribution in [0.1, 0.15) is 0 Å². The van der Waals surface area contributed by atoms with Gasteiger partial charge in [-0.3, -0.25) is 0 Å². The van der Waals surface area contributed by atoms with Crippen molar-refractivity contribution in [1.82, 2.24) is 0 Å². The highest BCUT2D eigenvalue weighted by Gasteiger charge is 2.41. The molecule has 0 aromatic heterocycles. The fraction of sp³-hybridized carbons (Fsp3) is 0. The third kappa shape index (κ3) is 1.57. The maximum Gasteiger partial charge on any atom is 0.175 e. The smallest absolute Gasteiger partial charge is 0.175 e. The number of benzene rings is 3. The van der Waals surface area contributed by atoms with Gasteiger partial charge in [0.05, 0.1) is 5.30 Å². The van der Waals surface area contributed by atoms with Gasteiger partial charge in [0.25, 0.3) is 0 Å². The Morgan fingerprint density at radius 3 is 2.19 bits per heavy atom. The molecule has 0 spiro atoms. The van der Waals surface area contributed by atoms with E-state index in [1.165, 1.54) is 0 Å². The number of rotatable bonds is 1. The minimum atomic E-state index is -2.99. The Morgan fingerprint density at radius 2 is 1.38 bits per heavy atom. The Balaban J connectivity index is 2.16. The van der Waals surface area contributed by atoms with Crippen LogP contribution in [-0.4, -0.2) is 5.11 Å². The summed E-state index contributed by atoms with van der Waals surface area (Å²) in [4.78, 5) is 0. The molecule has 3 aromatic rings. The Bertz CT molecular complexity index is 885. The van der Waals surface area contributed by atoms with Crippen LogP contribution in [0.4, 0.5) is 0 Å². The molecule has 21 heavy (non-hydrogen) atoms. The number of hydrogen-bond acceptors (Lipinski definition) is 2. The van der Waals surface area contributed by atoms with E-state index in [4.69, 9.17) is 0 Å². The summed E-state index contributed by atoms with van der Waals surface area (Å²) >= 11 is 0. The van der Waals surface area contributed by atoms with Crippen LogP contribution in [0.3, 0.4) is 0 Å². The van der Waals surface area contributed by atoms with Crippen LogP contribution in [0.2, 0.25) is 0 Å². The van der Waals surface area contributed by atoms with E-state index in [2.05, 4.69) is 0 Å². The van der Waals surface area contributed by atoms with Crippen molar-refractivity contribution in [1.29, 1.82) is 0 Å². The van der Waals surface area contributed by atoms with Gasteiger partial charge >= 0.3 is 0 Å². The quantitative estimate of drug-likeness (QED) is 0.548. The molecule has 3 aromatic carbocycles. The molecular formula is C18H13O2P. The van der Waals surface area contributed by atoms with Gasteiger partial charge < -0.3 is 9.67 Å². The van der Waals surface area contributed by atoms with Crippen LogP contribution in [0, 0.1) is 0 Å². The molecule has 4 rings (SSSR count). The van der Waals surface area contributed by atoms with Crippen molar-refractivity contribution in [2.24, 2.45) is 0 Å². The maximum atomic E-state index is 13.9. The van der Waals surface area contributed by atoms with Crippen molar-refractivity contribution in [3.8, 4) is 16.9 Å². The minimum absolute atomic E-state index is 0.107. The first-order chi connectivity index (χ1) is 10.2. The number of aromatic hydroxyl groups is 1. The molecule has 1 aliphatic heterocycles. The average Bonchev–Trinajstić information content (AvgIpc) is 2.81. The van der Waals surface area contributed by atoms with E-state index in [-0.39, 0.29) is 5.75 Å². The Labute approximate surface area is 123 Å². The van der Waals surface area contributed by atoms with Gasteiger partial charge in [-0.15, -0.1) is 0 Å². The molecule has 102 valence electrons. The van der Waals surface area contributed by atoms with Crippen molar-refractivity contribution in [2.75, 3.05) is 0 Å². The standard InChI is InChI=1S/C18H13O2P/c19-16-11-6-10-15-14-9-4-5-12-17(14)21(20,18(15)16)13-7-2-1-3-8-13/h1-12,19H. The predicted molar refractivity (Wildman–Crippen MR) is 86.5 cm³/mol. The molecule has 1 atom stereocenters. The highest BCUT2D eigenvalue weighted by atomic mass is 31.2. The van der Waals surface area contributed by atoms with Gasteiger partial charge in [0, 0.05) is 10.6 Å². The SMILES string of the molecule is O=P1(c2ccccc2)c2ccccc2-c2cccc(O)c21. The van der Waals surface area contributed by atoms with E-state index in [0.29, 0.717) is 5.30 Å². The largest absolute Gasteiger partial charge is 0.507 e. The monoisotopic (exact) mass is 292 g/mol. The van der Waals surface area contributed by atoms with Gasteiger partial charge in [-0.2, -0.15) is 0 Å². The van der Waals surface area contributed by atoms with Crippen molar-refractivity contribution in [3.63, 3.8) is 0 Å². The summed E-state index contributed by atoms with van der Waals surface area (Å²) < 4.78 is 13.9. The van der Waals surface area contributed by atoms with Crippen LogP contribution in [0.15, 0.2) is 72.8 Å². The van der Waals surface area contributed by atoms with Gasteiger partial charge in [-0.25, -0.2) is 0 Å². The molecular weight excluding hydrogens is 279 g/mol. The Hall–Kier alpha value is -2.31. The third-order valence-corrected chi connectivity index (χ3v) is 7.18.